The quantitative estimate of drug-likeness (QED) is 0.431. The van der Waals surface area contributed by atoms with E-state index in [1.165, 1.54) is 23.0 Å². The van der Waals surface area contributed by atoms with Crippen molar-refractivity contribution in [1.29, 1.82) is 0 Å². The molecule has 0 spiro atoms. The second-order valence-electron chi connectivity index (χ2n) is 7.90. The van der Waals surface area contributed by atoms with E-state index in [1.54, 1.807) is 15.9 Å². The van der Waals surface area contributed by atoms with Crippen LogP contribution in [0.3, 0.4) is 0 Å². The Morgan fingerprint density at radius 2 is 1.90 bits per heavy atom. The van der Waals surface area contributed by atoms with Crippen LogP contribution in [0.5, 0.6) is 0 Å². The number of rotatable bonds is 5. The highest BCUT2D eigenvalue weighted by Crippen LogP contribution is 2.28. The van der Waals surface area contributed by atoms with Gasteiger partial charge in [0.25, 0.3) is 5.56 Å². The monoisotopic (exact) mass is 456 g/mol. The summed E-state index contributed by atoms with van der Waals surface area (Å²) in [5.41, 5.74) is 3.47. The Hall–Kier alpha value is -2.32. The molecule has 1 aromatic carbocycles. The number of thioether (sulfide) groups is 1. The molecule has 3 aromatic rings. The lowest BCUT2D eigenvalue weighted by Gasteiger charge is -2.36. The minimum Gasteiger partial charge on any atom is -0.368 e. The Morgan fingerprint density at radius 3 is 2.58 bits per heavy atom. The van der Waals surface area contributed by atoms with Gasteiger partial charge in [-0.25, -0.2) is 4.98 Å². The van der Waals surface area contributed by atoms with Crippen LogP contribution in [0.4, 0.5) is 5.69 Å². The van der Waals surface area contributed by atoms with Crippen molar-refractivity contribution >= 4 is 44.9 Å². The number of carbonyl (C=O) groups is 1. The summed E-state index contributed by atoms with van der Waals surface area (Å²) in [5.74, 6) is 0.399. The molecule has 1 aliphatic heterocycles. The zero-order chi connectivity index (χ0) is 22.1. The molecule has 1 saturated heterocycles. The smallest absolute Gasteiger partial charge is 0.263 e. The minimum absolute atomic E-state index is 0.00364. The number of aryl methyl sites for hydroxylation is 3. The summed E-state index contributed by atoms with van der Waals surface area (Å²) in [6, 6.07) is 8.49. The molecule has 0 bridgehead atoms. The van der Waals surface area contributed by atoms with Crippen molar-refractivity contribution in [3.63, 3.8) is 0 Å². The first-order chi connectivity index (χ1) is 14.9. The van der Waals surface area contributed by atoms with E-state index in [1.807, 2.05) is 25.7 Å². The van der Waals surface area contributed by atoms with Crippen LogP contribution in [-0.4, -0.2) is 52.3 Å². The predicted octanol–water partition coefficient (Wildman–Crippen LogP) is 3.84. The molecule has 0 saturated carbocycles. The lowest BCUT2D eigenvalue weighted by molar-refractivity contribution is -0.128. The number of thiophene rings is 1. The van der Waals surface area contributed by atoms with Gasteiger partial charge in [0.05, 0.1) is 11.1 Å². The third-order valence-electron chi connectivity index (χ3n) is 5.89. The van der Waals surface area contributed by atoms with Gasteiger partial charge in [0.2, 0.25) is 5.91 Å². The summed E-state index contributed by atoms with van der Waals surface area (Å²) >= 11 is 2.92. The van der Waals surface area contributed by atoms with Crippen LogP contribution < -0.4 is 10.5 Å². The second-order valence-corrected chi connectivity index (χ2v) is 10.0. The van der Waals surface area contributed by atoms with Gasteiger partial charge < -0.3 is 9.80 Å². The number of hydrogen-bond acceptors (Lipinski definition) is 6. The summed E-state index contributed by atoms with van der Waals surface area (Å²) in [6.07, 6.45) is 0. The molecule has 1 fully saturated rings. The van der Waals surface area contributed by atoms with E-state index in [4.69, 9.17) is 4.98 Å². The zero-order valence-corrected chi connectivity index (χ0v) is 20.1. The van der Waals surface area contributed by atoms with Gasteiger partial charge in [-0.05, 0) is 51.0 Å². The molecule has 31 heavy (non-hydrogen) atoms. The van der Waals surface area contributed by atoms with E-state index in [2.05, 4.69) is 36.1 Å². The highest BCUT2D eigenvalue weighted by atomic mass is 32.2. The number of nitrogens with zero attached hydrogens (tertiary/aromatic N) is 4. The summed E-state index contributed by atoms with van der Waals surface area (Å²) in [6.45, 7) is 11.7. The maximum absolute atomic E-state index is 13.0. The van der Waals surface area contributed by atoms with E-state index in [9.17, 15) is 9.59 Å². The molecule has 6 nitrogen and oxygen atoms in total. The Morgan fingerprint density at radius 1 is 1.16 bits per heavy atom. The van der Waals surface area contributed by atoms with Crippen LogP contribution in [0.1, 0.15) is 22.9 Å². The van der Waals surface area contributed by atoms with Crippen molar-refractivity contribution in [1.82, 2.24) is 14.5 Å². The Balaban J connectivity index is 1.42. The third-order valence-corrected chi connectivity index (χ3v) is 7.96. The topological polar surface area (TPSA) is 58.4 Å². The molecule has 1 aliphatic rings. The van der Waals surface area contributed by atoms with Gasteiger partial charge in [0.1, 0.15) is 4.83 Å². The van der Waals surface area contributed by atoms with E-state index >= 15 is 0 Å². The normalized spacial score (nSPS) is 14.5. The number of anilines is 1. The SMILES string of the molecule is CCn1c(SCC(=O)N2CCN(c3cccc(C)c3)CC2)nc2sc(C)c(C)c2c1=O. The number of carbonyl (C=O) groups excluding carboxylic acids is 1. The second kappa shape index (κ2) is 9.04. The number of benzene rings is 1. The summed E-state index contributed by atoms with van der Waals surface area (Å²) in [7, 11) is 0. The fourth-order valence-electron chi connectivity index (χ4n) is 3.95. The van der Waals surface area contributed by atoms with Crippen LogP contribution in [0, 0.1) is 20.8 Å². The number of fused-ring (bicyclic) bond motifs is 1. The molecule has 2 aromatic heterocycles. The van der Waals surface area contributed by atoms with E-state index in [0.29, 0.717) is 35.9 Å². The first-order valence-electron chi connectivity index (χ1n) is 10.6. The molecule has 164 valence electrons. The number of hydrogen-bond donors (Lipinski definition) is 0. The summed E-state index contributed by atoms with van der Waals surface area (Å²) < 4.78 is 1.69. The van der Waals surface area contributed by atoms with Crippen molar-refractivity contribution in [2.45, 2.75) is 39.4 Å². The van der Waals surface area contributed by atoms with Gasteiger partial charge in [-0.2, -0.15) is 0 Å². The molecular formula is C23H28N4O2S2. The lowest BCUT2D eigenvalue weighted by atomic mass is 10.2. The summed E-state index contributed by atoms with van der Waals surface area (Å²) in [4.78, 5) is 36.7. The zero-order valence-electron chi connectivity index (χ0n) is 18.5. The Labute approximate surface area is 190 Å². The molecule has 3 heterocycles. The van der Waals surface area contributed by atoms with Crippen LogP contribution in [0.15, 0.2) is 34.2 Å². The van der Waals surface area contributed by atoms with Crippen LogP contribution in [-0.2, 0) is 11.3 Å². The molecule has 1 amide bonds. The number of piperazine rings is 1. The fourth-order valence-corrected chi connectivity index (χ4v) is 5.99. The van der Waals surface area contributed by atoms with Crippen molar-refractivity contribution in [2.75, 3.05) is 36.8 Å². The molecule has 0 atom stereocenters. The van der Waals surface area contributed by atoms with E-state index in [0.717, 1.165) is 28.4 Å². The van der Waals surface area contributed by atoms with Gasteiger partial charge in [-0.15, -0.1) is 11.3 Å². The predicted molar refractivity (Wildman–Crippen MR) is 130 cm³/mol. The van der Waals surface area contributed by atoms with Gasteiger partial charge in [-0.1, -0.05) is 23.9 Å². The van der Waals surface area contributed by atoms with Crippen molar-refractivity contribution in [3.05, 3.63) is 50.6 Å². The van der Waals surface area contributed by atoms with Gasteiger partial charge >= 0.3 is 0 Å². The number of amides is 1. The maximum Gasteiger partial charge on any atom is 0.263 e. The van der Waals surface area contributed by atoms with Crippen molar-refractivity contribution in [2.24, 2.45) is 0 Å². The Kier molecular flexibility index (Phi) is 6.39. The minimum atomic E-state index is -0.00364. The van der Waals surface area contributed by atoms with Gasteiger partial charge in [0, 0.05) is 43.3 Å². The average molecular weight is 457 g/mol. The molecule has 0 N–H and O–H groups in total. The molecule has 8 heteroatoms. The summed E-state index contributed by atoms with van der Waals surface area (Å²) in [5, 5.41) is 1.35. The largest absolute Gasteiger partial charge is 0.368 e. The first-order valence-corrected chi connectivity index (χ1v) is 12.4. The fraction of sp³-hybridized carbons (Fsp3) is 0.435. The van der Waals surface area contributed by atoms with E-state index in [-0.39, 0.29) is 11.5 Å². The first kappa shape index (κ1) is 21.9. The molecule has 4 rings (SSSR count). The highest BCUT2D eigenvalue weighted by Gasteiger charge is 2.23. The molecule has 0 unspecified atom stereocenters. The molecule has 0 radical (unpaired) electrons. The van der Waals surface area contributed by atoms with E-state index < -0.39 is 0 Å². The van der Waals surface area contributed by atoms with Gasteiger partial charge in [0.15, 0.2) is 5.16 Å². The Bertz CT molecular complexity index is 1180. The number of aromatic nitrogens is 2. The standard InChI is InChI=1S/C23H28N4O2S2/c1-5-27-22(29)20-16(3)17(4)31-21(20)24-23(27)30-14-19(28)26-11-9-25(10-12-26)18-8-6-7-15(2)13-18/h6-8,13H,5,9-12,14H2,1-4H3. The van der Waals surface area contributed by atoms with Crippen molar-refractivity contribution in [3.8, 4) is 0 Å². The van der Waals surface area contributed by atoms with Gasteiger partial charge in [-0.3, -0.25) is 14.2 Å². The van der Waals surface area contributed by atoms with Crippen LogP contribution in [0.25, 0.3) is 10.2 Å². The van der Waals surface area contributed by atoms with Crippen LogP contribution >= 0.6 is 23.1 Å². The highest BCUT2D eigenvalue weighted by molar-refractivity contribution is 7.99. The lowest BCUT2D eigenvalue weighted by Crippen LogP contribution is -2.49. The maximum atomic E-state index is 13.0. The van der Waals surface area contributed by atoms with Crippen molar-refractivity contribution < 1.29 is 4.79 Å². The average Bonchev–Trinajstić information content (AvgIpc) is 3.05. The molecule has 0 aliphatic carbocycles. The third kappa shape index (κ3) is 4.36. The molecular weight excluding hydrogens is 428 g/mol. The van der Waals surface area contributed by atoms with Crippen LogP contribution in [0.2, 0.25) is 0 Å².